The maximum absolute atomic E-state index is 13.8. The fourth-order valence-corrected chi connectivity index (χ4v) is 4.79. The van der Waals surface area contributed by atoms with Crippen molar-refractivity contribution in [2.24, 2.45) is 0 Å². The molecule has 0 spiro atoms. The van der Waals surface area contributed by atoms with Crippen LogP contribution in [0, 0.1) is 17.5 Å². The summed E-state index contributed by atoms with van der Waals surface area (Å²) in [7, 11) is 0. The SMILES string of the molecule is CC(=O)Nc1cc([As](=O)(O)OC(=O)CC[C@@H](C)c2cc(F)c(F)cc2F)ccc1O. The monoisotopic (exact) mass is 489 g/mol. The van der Waals surface area contributed by atoms with E-state index in [2.05, 4.69) is 5.32 Å². The molecule has 3 N–H and O–H groups in total. The average Bonchev–Trinajstić information content (AvgIpc) is 2.63. The van der Waals surface area contributed by atoms with Crippen molar-refractivity contribution in [2.45, 2.75) is 32.6 Å². The van der Waals surface area contributed by atoms with Gasteiger partial charge in [0.1, 0.15) is 0 Å². The molecule has 2 rings (SSSR count). The number of anilines is 1. The Morgan fingerprint density at radius 2 is 1.77 bits per heavy atom. The molecule has 1 amide bonds. The van der Waals surface area contributed by atoms with Crippen LogP contribution >= 0.6 is 0 Å². The Kier molecular flexibility index (Phi) is 7.38. The van der Waals surface area contributed by atoms with E-state index in [9.17, 15) is 35.7 Å². The summed E-state index contributed by atoms with van der Waals surface area (Å²) in [6, 6.07) is 4.26. The minimum absolute atomic E-state index is 0.0522. The third-order valence-electron chi connectivity index (χ3n) is 4.19. The van der Waals surface area contributed by atoms with Crippen LogP contribution in [0.25, 0.3) is 0 Å². The van der Waals surface area contributed by atoms with E-state index >= 15 is 0 Å². The summed E-state index contributed by atoms with van der Waals surface area (Å²) < 4.78 is 67.1. The number of rotatable bonds is 7. The molecular weight excluding hydrogens is 470 g/mol. The molecule has 162 valence electrons. The predicted octanol–water partition coefficient (Wildman–Crippen LogP) is 2.46. The van der Waals surface area contributed by atoms with Crippen LogP contribution in [-0.2, 0) is 17.1 Å². The quantitative estimate of drug-likeness (QED) is 0.313. The van der Waals surface area contributed by atoms with Crippen molar-refractivity contribution in [1.29, 1.82) is 0 Å². The summed E-state index contributed by atoms with van der Waals surface area (Å²) in [6.07, 6.45) is -0.439. The number of amides is 1. The predicted molar refractivity (Wildman–Crippen MR) is 101 cm³/mol. The molecule has 0 aliphatic carbocycles. The molecule has 0 aliphatic rings. The normalized spacial score (nSPS) is 13.9. The van der Waals surface area contributed by atoms with Crippen LogP contribution in [-0.4, -0.2) is 35.3 Å². The molecular formula is C19H19AsF3NO6. The van der Waals surface area contributed by atoms with E-state index < -0.39 is 49.4 Å². The van der Waals surface area contributed by atoms with Crippen molar-refractivity contribution in [1.82, 2.24) is 0 Å². The van der Waals surface area contributed by atoms with E-state index in [4.69, 9.17) is 3.73 Å². The average molecular weight is 489 g/mol. The van der Waals surface area contributed by atoms with Crippen LogP contribution in [0.4, 0.5) is 18.9 Å². The van der Waals surface area contributed by atoms with Gasteiger partial charge in [-0.3, -0.25) is 0 Å². The molecule has 0 fully saturated rings. The van der Waals surface area contributed by atoms with Crippen LogP contribution < -0.4 is 9.67 Å². The Bertz CT molecular complexity index is 1030. The molecule has 0 saturated heterocycles. The fourth-order valence-electron chi connectivity index (χ4n) is 2.63. The summed E-state index contributed by atoms with van der Waals surface area (Å²) in [5.74, 6) is -6.16. The zero-order chi connectivity index (χ0) is 22.6. The van der Waals surface area contributed by atoms with Gasteiger partial charge in [0.2, 0.25) is 0 Å². The summed E-state index contributed by atoms with van der Waals surface area (Å²) in [5.41, 5.74) is -0.271. The number of hydrogen-bond donors (Lipinski definition) is 3. The molecule has 1 unspecified atom stereocenters. The molecule has 0 saturated carbocycles. The number of halogens is 3. The Balaban J connectivity index is 2.06. The van der Waals surface area contributed by atoms with Gasteiger partial charge in [0.25, 0.3) is 0 Å². The van der Waals surface area contributed by atoms with Gasteiger partial charge >= 0.3 is 173 Å². The van der Waals surface area contributed by atoms with Gasteiger partial charge in [0.15, 0.2) is 0 Å². The van der Waals surface area contributed by atoms with Gasteiger partial charge in [-0.25, -0.2) is 0 Å². The van der Waals surface area contributed by atoms with Crippen LogP contribution in [0.1, 0.15) is 38.2 Å². The van der Waals surface area contributed by atoms with E-state index in [-0.39, 0.29) is 34.2 Å². The molecule has 7 nitrogen and oxygen atoms in total. The van der Waals surface area contributed by atoms with Crippen molar-refractivity contribution < 1.29 is 39.4 Å². The van der Waals surface area contributed by atoms with Crippen molar-refractivity contribution in [3.63, 3.8) is 0 Å². The summed E-state index contributed by atoms with van der Waals surface area (Å²) in [4.78, 5) is 23.1. The maximum atomic E-state index is 13.8. The zero-order valence-electron chi connectivity index (χ0n) is 16.0. The Morgan fingerprint density at radius 1 is 1.13 bits per heavy atom. The molecule has 0 bridgehead atoms. The van der Waals surface area contributed by atoms with Crippen LogP contribution in [0.3, 0.4) is 0 Å². The number of nitrogens with one attached hydrogen (secondary N) is 1. The van der Waals surface area contributed by atoms with Gasteiger partial charge in [-0.05, 0) is 0 Å². The molecule has 2 aromatic rings. The number of carbonyl (C=O) groups excluding carboxylic acids is 2. The second-order valence-corrected chi connectivity index (χ2v) is 10.2. The number of phenols is 1. The van der Waals surface area contributed by atoms with E-state index in [0.29, 0.717) is 12.1 Å². The van der Waals surface area contributed by atoms with Gasteiger partial charge in [-0.15, -0.1) is 0 Å². The van der Waals surface area contributed by atoms with Gasteiger partial charge in [-0.1, -0.05) is 0 Å². The molecule has 0 heterocycles. The second kappa shape index (κ2) is 9.40. The first-order valence-electron chi connectivity index (χ1n) is 8.71. The first kappa shape index (κ1) is 23.6. The van der Waals surface area contributed by atoms with E-state index in [1.54, 1.807) is 0 Å². The molecule has 0 aliphatic heterocycles. The van der Waals surface area contributed by atoms with Crippen molar-refractivity contribution in [2.75, 3.05) is 5.32 Å². The second-order valence-electron chi connectivity index (χ2n) is 6.59. The van der Waals surface area contributed by atoms with Crippen LogP contribution in [0.15, 0.2) is 30.3 Å². The Labute approximate surface area is 172 Å². The van der Waals surface area contributed by atoms with Crippen LogP contribution in [0.2, 0.25) is 0 Å². The standard InChI is InChI=1S/C19H19AsF3NO6/c1-10(13-8-15(22)16(23)9-14(13)21)3-6-19(27)30-20(28,29)12-4-5-18(26)17(7-12)24-11(2)25/h4-5,7-10,26H,3,6H2,1-2H3,(H,24,25)(H,28,29)/t10-/m1/s1. The van der Waals surface area contributed by atoms with E-state index in [1.165, 1.54) is 13.8 Å². The van der Waals surface area contributed by atoms with Gasteiger partial charge in [0.05, 0.1) is 0 Å². The van der Waals surface area contributed by atoms with E-state index in [1.807, 2.05) is 0 Å². The summed E-state index contributed by atoms with van der Waals surface area (Å²) >= 11 is -5.36. The molecule has 2 aromatic carbocycles. The first-order valence-corrected chi connectivity index (χ1v) is 12.0. The molecule has 0 radical (unpaired) electrons. The van der Waals surface area contributed by atoms with E-state index in [0.717, 1.165) is 18.2 Å². The van der Waals surface area contributed by atoms with Crippen LogP contribution in [0.5, 0.6) is 5.75 Å². The summed E-state index contributed by atoms with van der Waals surface area (Å²) in [5, 5.41) is 11.9. The number of carbonyl (C=O) groups is 2. The van der Waals surface area contributed by atoms with Crippen molar-refractivity contribution in [3.8, 4) is 5.75 Å². The number of hydrogen-bond acceptors (Lipinski definition) is 5. The first-order chi connectivity index (χ1) is 13.9. The number of aromatic hydroxyl groups is 1. The van der Waals surface area contributed by atoms with Gasteiger partial charge < -0.3 is 0 Å². The number of phenolic OH excluding ortho intramolecular Hbond substituents is 1. The topological polar surface area (TPSA) is 113 Å². The zero-order valence-corrected chi connectivity index (χ0v) is 17.9. The van der Waals surface area contributed by atoms with Gasteiger partial charge in [0, 0.05) is 0 Å². The van der Waals surface area contributed by atoms with Crippen molar-refractivity contribution in [3.05, 3.63) is 53.3 Å². The molecule has 0 aromatic heterocycles. The molecule has 11 heteroatoms. The Morgan fingerprint density at radius 3 is 2.40 bits per heavy atom. The minimum atomic E-state index is -5.36. The Hall–Kier alpha value is -2.71. The van der Waals surface area contributed by atoms with Gasteiger partial charge in [-0.2, -0.15) is 0 Å². The third kappa shape index (κ3) is 5.90. The number of benzene rings is 2. The summed E-state index contributed by atoms with van der Waals surface area (Å²) in [6.45, 7) is 2.65. The fraction of sp³-hybridized carbons (Fsp3) is 0.263. The van der Waals surface area contributed by atoms with Crippen molar-refractivity contribution >= 4 is 36.1 Å². The molecule has 2 atom stereocenters. The molecule has 30 heavy (non-hydrogen) atoms. The third-order valence-corrected chi connectivity index (χ3v) is 7.09.